The molecule has 0 aliphatic heterocycles. The zero-order valence-electron chi connectivity index (χ0n) is 10.7. The SMILES string of the molecule is Cc1ccccc1CCN(C)c1ccc(Br)cn1. The molecule has 0 atom stereocenters. The van der Waals surface area contributed by atoms with Crippen LogP contribution in [0.3, 0.4) is 0 Å². The standard InChI is InChI=1S/C15H17BrN2/c1-12-5-3-4-6-13(12)9-10-18(2)15-8-7-14(16)11-17-15/h3-8,11H,9-10H2,1-2H3. The van der Waals surface area contributed by atoms with Gasteiger partial charge in [0.15, 0.2) is 0 Å². The van der Waals surface area contributed by atoms with Crippen molar-refractivity contribution in [1.82, 2.24) is 4.98 Å². The normalized spacial score (nSPS) is 10.4. The van der Waals surface area contributed by atoms with Crippen LogP contribution in [0.4, 0.5) is 5.82 Å². The summed E-state index contributed by atoms with van der Waals surface area (Å²) < 4.78 is 1.01. The molecule has 0 aliphatic carbocycles. The lowest BCUT2D eigenvalue weighted by atomic mass is 10.1. The summed E-state index contributed by atoms with van der Waals surface area (Å²) in [6.45, 7) is 3.13. The van der Waals surface area contributed by atoms with Crippen LogP contribution in [0.1, 0.15) is 11.1 Å². The Morgan fingerprint density at radius 3 is 2.61 bits per heavy atom. The molecule has 0 saturated heterocycles. The lowest BCUT2D eigenvalue weighted by Gasteiger charge is -2.18. The molecular weight excluding hydrogens is 288 g/mol. The van der Waals surface area contributed by atoms with Crippen LogP contribution in [0.2, 0.25) is 0 Å². The molecule has 94 valence electrons. The predicted octanol–water partition coefficient (Wildman–Crippen LogP) is 3.83. The van der Waals surface area contributed by atoms with Gasteiger partial charge >= 0.3 is 0 Å². The number of aromatic nitrogens is 1. The maximum Gasteiger partial charge on any atom is 0.128 e. The lowest BCUT2D eigenvalue weighted by Crippen LogP contribution is -2.21. The maximum absolute atomic E-state index is 4.39. The molecule has 1 aromatic heterocycles. The first-order valence-corrected chi connectivity index (χ1v) is 6.83. The summed E-state index contributed by atoms with van der Waals surface area (Å²) in [4.78, 5) is 6.57. The molecule has 18 heavy (non-hydrogen) atoms. The van der Waals surface area contributed by atoms with Crippen molar-refractivity contribution in [3.8, 4) is 0 Å². The summed E-state index contributed by atoms with van der Waals surface area (Å²) >= 11 is 3.40. The van der Waals surface area contributed by atoms with Crippen LogP contribution < -0.4 is 4.90 Å². The molecule has 0 N–H and O–H groups in total. The minimum absolute atomic E-state index is 0.972. The van der Waals surface area contributed by atoms with E-state index in [1.54, 1.807) is 0 Å². The van der Waals surface area contributed by atoms with Crippen molar-refractivity contribution in [2.75, 3.05) is 18.5 Å². The molecule has 1 heterocycles. The molecular formula is C15H17BrN2. The smallest absolute Gasteiger partial charge is 0.128 e. The highest BCUT2D eigenvalue weighted by Crippen LogP contribution is 2.15. The molecule has 0 radical (unpaired) electrons. The molecule has 0 unspecified atom stereocenters. The number of hydrogen-bond acceptors (Lipinski definition) is 2. The van der Waals surface area contributed by atoms with Gasteiger partial charge in [-0.2, -0.15) is 0 Å². The number of anilines is 1. The van der Waals surface area contributed by atoms with Gasteiger partial charge in [-0.1, -0.05) is 24.3 Å². The average Bonchev–Trinajstić information content (AvgIpc) is 2.38. The Morgan fingerprint density at radius 1 is 1.17 bits per heavy atom. The molecule has 2 rings (SSSR count). The van der Waals surface area contributed by atoms with Crippen molar-refractivity contribution < 1.29 is 0 Å². The number of aryl methyl sites for hydroxylation is 1. The minimum atomic E-state index is 0.972. The summed E-state index contributed by atoms with van der Waals surface area (Å²) in [6.07, 6.45) is 2.88. The van der Waals surface area contributed by atoms with Crippen LogP contribution in [-0.4, -0.2) is 18.6 Å². The highest BCUT2D eigenvalue weighted by Gasteiger charge is 2.03. The van der Waals surface area contributed by atoms with Crippen molar-refractivity contribution in [3.05, 3.63) is 58.2 Å². The molecule has 0 fully saturated rings. The Balaban J connectivity index is 1.98. The third-order valence-corrected chi connectivity index (χ3v) is 3.55. The Bertz CT molecular complexity index is 508. The molecule has 0 saturated carbocycles. The molecule has 3 heteroatoms. The second-order valence-electron chi connectivity index (χ2n) is 4.43. The van der Waals surface area contributed by atoms with E-state index in [0.29, 0.717) is 0 Å². The number of likely N-dealkylation sites (N-methyl/N-ethyl adjacent to an activating group) is 1. The van der Waals surface area contributed by atoms with E-state index in [-0.39, 0.29) is 0 Å². The number of hydrogen-bond donors (Lipinski definition) is 0. The third-order valence-electron chi connectivity index (χ3n) is 3.08. The van der Waals surface area contributed by atoms with Crippen molar-refractivity contribution >= 4 is 21.7 Å². The van der Waals surface area contributed by atoms with E-state index in [9.17, 15) is 0 Å². The topological polar surface area (TPSA) is 16.1 Å². The number of nitrogens with zero attached hydrogens (tertiary/aromatic N) is 2. The van der Waals surface area contributed by atoms with Gasteiger partial charge in [0, 0.05) is 24.3 Å². The number of halogens is 1. The zero-order valence-corrected chi connectivity index (χ0v) is 12.3. The van der Waals surface area contributed by atoms with Crippen molar-refractivity contribution in [2.24, 2.45) is 0 Å². The van der Waals surface area contributed by atoms with Crippen LogP contribution >= 0.6 is 15.9 Å². The van der Waals surface area contributed by atoms with Gasteiger partial charge in [-0.25, -0.2) is 4.98 Å². The van der Waals surface area contributed by atoms with E-state index in [0.717, 1.165) is 23.3 Å². The third kappa shape index (κ3) is 3.33. The lowest BCUT2D eigenvalue weighted by molar-refractivity contribution is 0.855. The van der Waals surface area contributed by atoms with Crippen LogP contribution in [0.5, 0.6) is 0 Å². The van der Waals surface area contributed by atoms with Crippen LogP contribution in [0.15, 0.2) is 47.1 Å². The van der Waals surface area contributed by atoms with Crippen molar-refractivity contribution in [2.45, 2.75) is 13.3 Å². The van der Waals surface area contributed by atoms with Gasteiger partial charge < -0.3 is 4.90 Å². The number of pyridine rings is 1. The summed E-state index contributed by atoms with van der Waals surface area (Å²) in [6, 6.07) is 12.6. The van der Waals surface area contributed by atoms with Crippen molar-refractivity contribution in [1.29, 1.82) is 0 Å². The maximum atomic E-state index is 4.39. The second-order valence-corrected chi connectivity index (χ2v) is 5.35. The molecule has 0 spiro atoms. The van der Waals surface area contributed by atoms with E-state index in [2.05, 4.69) is 64.1 Å². The van der Waals surface area contributed by atoms with Gasteiger partial charge in [-0.15, -0.1) is 0 Å². The zero-order chi connectivity index (χ0) is 13.0. The predicted molar refractivity (Wildman–Crippen MR) is 80.1 cm³/mol. The highest BCUT2D eigenvalue weighted by molar-refractivity contribution is 9.10. The molecule has 0 aliphatic rings. The van der Waals surface area contributed by atoms with Gasteiger partial charge in [0.2, 0.25) is 0 Å². The summed E-state index contributed by atoms with van der Waals surface area (Å²) in [5, 5.41) is 0. The van der Waals surface area contributed by atoms with Crippen LogP contribution in [0.25, 0.3) is 0 Å². The van der Waals surface area contributed by atoms with Gasteiger partial charge in [0.1, 0.15) is 5.82 Å². The highest BCUT2D eigenvalue weighted by atomic mass is 79.9. The first-order chi connectivity index (χ1) is 8.66. The number of rotatable bonds is 4. The van der Waals surface area contributed by atoms with E-state index in [4.69, 9.17) is 0 Å². The molecule has 2 aromatic rings. The largest absolute Gasteiger partial charge is 0.359 e. The minimum Gasteiger partial charge on any atom is -0.359 e. The summed E-state index contributed by atoms with van der Waals surface area (Å²) in [5.41, 5.74) is 2.76. The van der Waals surface area contributed by atoms with E-state index >= 15 is 0 Å². The fourth-order valence-corrected chi connectivity index (χ4v) is 2.12. The van der Waals surface area contributed by atoms with Crippen LogP contribution in [0, 0.1) is 6.92 Å². The van der Waals surface area contributed by atoms with E-state index in [1.807, 2.05) is 18.3 Å². The Morgan fingerprint density at radius 2 is 1.94 bits per heavy atom. The Hall–Kier alpha value is -1.35. The monoisotopic (exact) mass is 304 g/mol. The van der Waals surface area contributed by atoms with Gasteiger partial charge in [-0.05, 0) is 52.5 Å². The Labute approximate surface area is 117 Å². The quantitative estimate of drug-likeness (QED) is 0.853. The fraction of sp³-hybridized carbons (Fsp3) is 0.267. The first-order valence-electron chi connectivity index (χ1n) is 6.04. The molecule has 0 bridgehead atoms. The molecule has 2 nitrogen and oxygen atoms in total. The van der Waals surface area contributed by atoms with Crippen LogP contribution in [-0.2, 0) is 6.42 Å². The average molecular weight is 305 g/mol. The Kier molecular flexibility index (Phi) is 4.37. The molecule has 0 amide bonds. The summed E-state index contributed by atoms with van der Waals surface area (Å²) in [5.74, 6) is 1.01. The van der Waals surface area contributed by atoms with Gasteiger partial charge in [-0.3, -0.25) is 0 Å². The van der Waals surface area contributed by atoms with E-state index in [1.165, 1.54) is 11.1 Å². The molecule has 1 aromatic carbocycles. The number of benzene rings is 1. The second kappa shape index (κ2) is 6.01. The first kappa shape index (κ1) is 13.1. The van der Waals surface area contributed by atoms with Gasteiger partial charge in [0.25, 0.3) is 0 Å². The van der Waals surface area contributed by atoms with Crippen molar-refractivity contribution in [3.63, 3.8) is 0 Å². The van der Waals surface area contributed by atoms with Gasteiger partial charge in [0.05, 0.1) is 0 Å². The fourth-order valence-electron chi connectivity index (χ4n) is 1.89. The van der Waals surface area contributed by atoms with E-state index < -0.39 is 0 Å². The summed E-state index contributed by atoms with van der Waals surface area (Å²) in [7, 11) is 2.08.